The molecule has 1 aromatic heterocycles. The minimum atomic E-state index is -3.59. The summed E-state index contributed by atoms with van der Waals surface area (Å²) in [7, 11) is -3.59. The van der Waals surface area contributed by atoms with Crippen LogP contribution in [0.2, 0.25) is 0 Å². The molecule has 1 fully saturated rings. The largest absolute Gasteiger partial charge is 0.389 e. The van der Waals surface area contributed by atoms with Crippen LogP contribution in [0.25, 0.3) is 0 Å². The molecule has 0 saturated carbocycles. The summed E-state index contributed by atoms with van der Waals surface area (Å²) in [6.07, 6.45) is 1.68. The number of nitrogens with zero attached hydrogens (tertiary/aromatic N) is 2. The van der Waals surface area contributed by atoms with Crippen molar-refractivity contribution < 1.29 is 13.5 Å². The van der Waals surface area contributed by atoms with Crippen LogP contribution < -0.4 is 11.3 Å². The van der Waals surface area contributed by atoms with Crippen molar-refractivity contribution in [2.75, 3.05) is 18.5 Å². The first kappa shape index (κ1) is 13.2. The molecule has 0 radical (unpaired) electrons. The van der Waals surface area contributed by atoms with Crippen molar-refractivity contribution in [1.29, 1.82) is 0 Å². The number of β-amino-alcohol motifs (C(OH)–C–C–N with tert-alkyl or cyclic N) is 1. The van der Waals surface area contributed by atoms with Crippen LogP contribution in [0.1, 0.15) is 13.3 Å². The molecule has 0 spiro atoms. The summed E-state index contributed by atoms with van der Waals surface area (Å²) in [6, 6.07) is 2.92. The SMILES string of the molecule is CC1(O)CCN(S(=O)(=O)c2ccc(NN)nc2)C1. The number of anilines is 1. The van der Waals surface area contributed by atoms with Crippen molar-refractivity contribution in [3.05, 3.63) is 18.3 Å². The van der Waals surface area contributed by atoms with Gasteiger partial charge in [0.1, 0.15) is 10.7 Å². The fourth-order valence-electron chi connectivity index (χ4n) is 1.88. The summed E-state index contributed by atoms with van der Waals surface area (Å²) in [5, 5.41) is 9.81. The summed E-state index contributed by atoms with van der Waals surface area (Å²) in [5.74, 6) is 5.55. The highest BCUT2D eigenvalue weighted by atomic mass is 32.2. The van der Waals surface area contributed by atoms with E-state index >= 15 is 0 Å². The Hall–Kier alpha value is -1.22. The van der Waals surface area contributed by atoms with Crippen LogP contribution in [0.15, 0.2) is 23.2 Å². The first-order chi connectivity index (χ1) is 8.35. The fourth-order valence-corrected chi connectivity index (χ4v) is 3.38. The van der Waals surface area contributed by atoms with E-state index in [4.69, 9.17) is 5.84 Å². The molecule has 1 atom stereocenters. The number of aromatic nitrogens is 1. The molecule has 2 heterocycles. The molecule has 7 nitrogen and oxygen atoms in total. The average Bonchev–Trinajstić information content (AvgIpc) is 2.70. The lowest BCUT2D eigenvalue weighted by Crippen LogP contribution is -2.34. The number of nitrogens with two attached hydrogens (primary N) is 1. The standard InChI is InChI=1S/C10H16N4O3S/c1-10(15)4-5-14(7-10)18(16,17)8-2-3-9(13-11)12-6-8/h2-3,6,15H,4-5,7,11H2,1H3,(H,12,13). The zero-order valence-electron chi connectivity index (χ0n) is 10.00. The number of nitrogens with one attached hydrogen (secondary N) is 1. The number of pyridine rings is 1. The Bertz CT molecular complexity index is 527. The lowest BCUT2D eigenvalue weighted by atomic mass is 10.1. The Kier molecular flexibility index (Phi) is 3.28. The van der Waals surface area contributed by atoms with Crippen LogP contribution in [0.5, 0.6) is 0 Å². The molecule has 1 aliphatic rings. The second-order valence-electron chi connectivity index (χ2n) is 4.61. The Balaban J connectivity index is 2.25. The van der Waals surface area contributed by atoms with Crippen molar-refractivity contribution in [1.82, 2.24) is 9.29 Å². The molecule has 0 aliphatic carbocycles. The molecule has 0 amide bonds. The Morgan fingerprint density at radius 1 is 1.56 bits per heavy atom. The second kappa shape index (κ2) is 4.47. The van der Waals surface area contributed by atoms with Gasteiger partial charge < -0.3 is 10.5 Å². The van der Waals surface area contributed by atoms with E-state index in [-0.39, 0.29) is 11.4 Å². The molecule has 4 N–H and O–H groups in total. The van der Waals surface area contributed by atoms with Gasteiger partial charge in [-0.1, -0.05) is 0 Å². The molecule has 1 saturated heterocycles. The van der Waals surface area contributed by atoms with E-state index in [1.165, 1.54) is 22.6 Å². The van der Waals surface area contributed by atoms with E-state index in [1.807, 2.05) is 0 Å². The van der Waals surface area contributed by atoms with Crippen LogP contribution in [-0.4, -0.2) is 41.5 Å². The third-order valence-corrected chi connectivity index (χ3v) is 4.77. The monoisotopic (exact) mass is 272 g/mol. The maximum absolute atomic E-state index is 12.2. The molecule has 8 heteroatoms. The summed E-state index contributed by atoms with van der Waals surface area (Å²) in [5.41, 5.74) is 1.37. The quantitative estimate of drug-likeness (QED) is 0.506. The van der Waals surface area contributed by atoms with Gasteiger partial charge in [0.05, 0.1) is 5.60 Å². The fraction of sp³-hybridized carbons (Fsp3) is 0.500. The van der Waals surface area contributed by atoms with Crippen LogP contribution in [0.3, 0.4) is 0 Å². The highest BCUT2D eigenvalue weighted by Crippen LogP contribution is 2.26. The zero-order valence-corrected chi connectivity index (χ0v) is 10.8. The van der Waals surface area contributed by atoms with Crippen molar-refractivity contribution in [3.63, 3.8) is 0 Å². The number of hydrazine groups is 1. The first-order valence-electron chi connectivity index (χ1n) is 5.50. The average molecular weight is 272 g/mol. The third-order valence-electron chi connectivity index (χ3n) is 2.94. The Morgan fingerprint density at radius 3 is 2.72 bits per heavy atom. The van der Waals surface area contributed by atoms with E-state index in [1.54, 1.807) is 6.92 Å². The predicted octanol–water partition coefficient (Wildman–Crippen LogP) is -0.487. The molecule has 1 unspecified atom stereocenters. The van der Waals surface area contributed by atoms with Gasteiger partial charge in [-0.05, 0) is 25.5 Å². The molecule has 1 aromatic rings. The normalized spacial score (nSPS) is 25.3. The lowest BCUT2D eigenvalue weighted by Gasteiger charge is -2.18. The number of nitrogen functional groups attached to an aromatic ring is 1. The molecular formula is C10H16N4O3S. The van der Waals surface area contributed by atoms with Gasteiger partial charge >= 0.3 is 0 Å². The van der Waals surface area contributed by atoms with E-state index < -0.39 is 15.6 Å². The molecule has 18 heavy (non-hydrogen) atoms. The van der Waals surface area contributed by atoms with Crippen LogP contribution >= 0.6 is 0 Å². The van der Waals surface area contributed by atoms with Gasteiger partial charge in [-0.25, -0.2) is 19.2 Å². The molecular weight excluding hydrogens is 256 g/mol. The highest BCUT2D eigenvalue weighted by molar-refractivity contribution is 7.89. The van der Waals surface area contributed by atoms with Crippen molar-refractivity contribution >= 4 is 15.8 Å². The number of hydrogen-bond donors (Lipinski definition) is 3. The van der Waals surface area contributed by atoms with Gasteiger partial charge in [0.15, 0.2) is 0 Å². The Labute approximate surface area is 106 Å². The Morgan fingerprint density at radius 2 is 2.28 bits per heavy atom. The van der Waals surface area contributed by atoms with Gasteiger partial charge in [0.25, 0.3) is 0 Å². The van der Waals surface area contributed by atoms with Crippen molar-refractivity contribution in [3.8, 4) is 0 Å². The van der Waals surface area contributed by atoms with Gasteiger partial charge in [-0.2, -0.15) is 4.31 Å². The molecule has 0 aromatic carbocycles. The highest BCUT2D eigenvalue weighted by Gasteiger charge is 2.38. The van der Waals surface area contributed by atoms with E-state index in [9.17, 15) is 13.5 Å². The number of sulfonamides is 1. The topological polar surface area (TPSA) is 109 Å². The maximum atomic E-state index is 12.2. The van der Waals surface area contributed by atoms with Crippen LogP contribution in [-0.2, 0) is 10.0 Å². The van der Waals surface area contributed by atoms with Gasteiger partial charge in [-0.3, -0.25) is 0 Å². The number of rotatable bonds is 3. The predicted molar refractivity (Wildman–Crippen MR) is 66.0 cm³/mol. The first-order valence-corrected chi connectivity index (χ1v) is 6.94. The van der Waals surface area contributed by atoms with Gasteiger partial charge in [0.2, 0.25) is 10.0 Å². The molecule has 1 aliphatic heterocycles. The third kappa shape index (κ3) is 2.46. The zero-order chi connectivity index (χ0) is 13.4. The molecule has 0 bridgehead atoms. The van der Waals surface area contributed by atoms with E-state index in [2.05, 4.69) is 10.4 Å². The summed E-state index contributed by atoms with van der Waals surface area (Å²) >= 11 is 0. The minimum absolute atomic E-state index is 0.0965. The van der Waals surface area contributed by atoms with Crippen molar-refractivity contribution in [2.24, 2.45) is 5.84 Å². The maximum Gasteiger partial charge on any atom is 0.244 e. The molecule has 100 valence electrons. The van der Waals surface area contributed by atoms with Crippen LogP contribution in [0.4, 0.5) is 5.82 Å². The lowest BCUT2D eigenvalue weighted by molar-refractivity contribution is 0.0762. The molecule has 2 rings (SSSR count). The van der Waals surface area contributed by atoms with Crippen molar-refractivity contribution in [2.45, 2.75) is 23.8 Å². The number of hydrogen-bond acceptors (Lipinski definition) is 6. The van der Waals surface area contributed by atoms with Gasteiger partial charge in [-0.15, -0.1) is 0 Å². The second-order valence-corrected chi connectivity index (χ2v) is 6.55. The van der Waals surface area contributed by atoms with E-state index in [0.29, 0.717) is 18.8 Å². The number of aliphatic hydroxyl groups is 1. The summed E-state index contributed by atoms with van der Waals surface area (Å²) < 4.78 is 25.8. The smallest absolute Gasteiger partial charge is 0.244 e. The minimum Gasteiger partial charge on any atom is -0.389 e. The summed E-state index contributed by atoms with van der Waals surface area (Å²) in [4.78, 5) is 3.96. The van der Waals surface area contributed by atoms with Crippen LogP contribution in [0, 0.1) is 0 Å². The van der Waals surface area contributed by atoms with E-state index in [0.717, 1.165) is 0 Å². The summed E-state index contributed by atoms with van der Waals surface area (Å²) in [6.45, 7) is 2.04. The van der Waals surface area contributed by atoms with Gasteiger partial charge in [0, 0.05) is 19.3 Å².